The third-order valence-corrected chi connectivity index (χ3v) is 5.66. The van der Waals surface area contributed by atoms with E-state index in [1.165, 1.54) is 5.56 Å². The molecule has 2 aliphatic heterocycles. The summed E-state index contributed by atoms with van der Waals surface area (Å²) in [6, 6.07) is 10.7. The van der Waals surface area contributed by atoms with Crippen molar-refractivity contribution >= 4 is 41.7 Å². The Kier molecular flexibility index (Phi) is 7.49. The van der Waals surface area contributed by atoms with E-state index in [4.69, 9.17) is 15.5 Å². The first-order valence-corrected chi connectivity index (χ1v) is 9.22. The quantitative estimate of drug-likeness (QED) is 0.440. The maximum absolute atomic E-state index is 6.24. The van der Waals surface area contributed by atoms with Gasteiger partial charge in [0.15, 0.2) is 5.96 Å². The van der Waals surface area contributed by atoms with Gasteiger partial charge in [-0.05, 0) is 18.4 Å². The smallest absolute Gasteiger partial charge is 0.191 e. The Hall–Kier alpha value is -0.470. The SMILES string of the molecule is I.NC(=NCC1(c2ccccc2)CCOCC1)N1CCSCC1. The van der Waals surface area contributed by atoms with Crippen LogP contribution in [0.15, 0.2) is 35.3 Å². The number of nitrogens with zero attached hydrogens (tertiary/aromatic N) is 2. The summed E-state index contributed by atoms with van der Waals surface area (Å²) in [5.41, 5.74) is 7.68. The molecule has 0 radical (unpaired) electrons. The normalized spacial score (nSPS) is 21.6. The third kappa shape index (κ3) is 4.76. The predicted molar refractivity (Wildman–Crippen MR) is 109 cm³/mol. The van der Waals surface area contributed by atoms with Crippen molar-refractivity contribution in [3.8, 4) is 0 Å². The summed E-state index contributed by atoms with van der Waals surface area (Å²) >= 11 is 1.99. The van der Waals surface area contributed by atoms with Crippen molar-refractivity contribution < 1.29 is 4.74 Å². The first kappa shape index (κ1) is 18.9. The average molecular weight is 447 g/mol. The van der Waals surface area contributed by atoms with Crippen LogP contribution in [-0.4, -0.2) is 55.2 Å². The molecule has 3 rings (SSSR count). The van der Waals surface area contributed by atoms with E-state index in [0.717, 1.165) is 57.2 Å². The minimum Gasteiger partial charge on any atom is -0.381 e. The molecule has 0 amide bonds. The van der Waals surface area contributed by atoms with Gasteiger partial charge in [-0.3, -0.25) is 4.99 Å². The molecule has 128 valence electrons. The second-order valence-electron chi connectivity index (χ2n) is 6.03. The van der Waals surface area contributed by atoms with E-state index in [1.807, 2.05) is 11.8 Å². The number of hydrogen-bond donors (Lipinski definition) is 1. The second-order valence-corrected chi connectivity index (χ2v) is 7.26. The van der Waals surface area contributed by atoms with E-state index >= 15 is 0 Å². The lowest BCUT2D eigenvalue weighted by Crippen LogP contribution is -2.44. The molecule has 4 nitrogen and oxygen atoms in total. The molecule has 23 heavy (non-hydrogen) atoms. The Bertz CT molecular complexity index is 500. The minimum atomic E-state index is 0. The molecule has 0 aromatic heterocycles. The van der Waals surface area contributed by atoms with E-state index < -0.39 is 0 Å². The molecule has 1 aromatic carbocycles. The molecule has 0 unspecified atom stereocenters. The molecule has 2 saturated heterocycles. The Morgan fingerprint density at radius 1 is 1.17 bits per heavy atom. The van der Waals surface area contributed by atoms with Crippen LogP contribution in [0.2, 0.25) is 0 Å². The molecule has 2 fully saturated rings. The number of aliphatic imine (C=N–C) groups is 1. The highest BCUT2D eigenvalue weighted by Crippen LogP contribution is 2.35. The van der Waals surface area contributed by atoms with Crippen LogP contribution in [0.4, 0.5) is 0 Å². The lowest BCUT2D eigenvalue weighted by atomic mass is 9.74. The molecule has 0 bridgehead atoms. The summed E-state index contributed by atoms with van der Waals surface area (Å²) in [6.45, 7) is 4.41. The fourth-order valence-electron chi connectivity index (χ4n) is 3.22. The van der Waals surface area contributed by atoms with Gasteiger partial charge >= 0.3 is 0 Å². The molecular formula is C17H26IN3OS. The van der Waals surface area contributed by atoms with Gasteiger partial charge in [0.05, 0.1) is 6.54 Å². The summed E-state index contributed by atoms with van der Waals surface area (Å²) in [5.74, 6) is 3.00. The molecule has 0 spiro atoms. The van der Waals surface area contributed by atoms with Gasteiger partial charge in [-0.25, -0.2) is 0 Å². The van der Waals surface area contributed by atoms with Crippen LogP contribution in [-0.2, 0) is 10.2 Å². The first-order valence-electron chi connectivity index (χ1n) is 8.06. The van der Waals surface area contributed by atoms with Crippen molar-refractivity contribution in [3.05, 3.63) is 35.9 Å². The Labute approximate surface area is 160 Å². The highest BCUT2D eigenvalue weighted by atomic mass is 127. The summed E-state index contributed by atoms with van der Waals surface area (Å²) in [5, 5.41) is 0. The van der Waals surface area contributed by atoms with E-state index in [0.29, 0.717) is 5.96 Å². The number of thioether (sulfide) groups is 1. The number of benzene rings is 1. The number of rotatable bonds is 3. The monoisotopic (exact) mass is 447 g/mol. The number of ether oxygens (including phenoxy) is 1. The molecular weight excluding hydrogens is 421 g/mol. The van der Waals surface area contributed by atoms with Crippen molar-refractivity contribution in [1.29, 1.82) is 0 Å². The number of hydrogen-bond acceptors (Lipinski definition) is 3. The lowest BCUT2D eigenvalue weighted by Gasteiger charge is -2.37. The highest BCUT2D eigenvalue weighted by Gasteiger charge is 2.34. The zero-order valence-electron chi connectivity index (χ0n) is 13.4. The largest absolute Gasteiger partial charge is 0.381 e. The van der Waals surface area contributed by atoms with Gasteiger partial charge < -0.3 is 15.4 Å². The van der Waals surface area contributed by atoms with E-state index in [1.54, 1.807) is 0 Å². The van der Waals surface area contributed by atoms with Crippen LogP contribution >= 0.6 is 35.7 Å². The van der Waals surface area contributed by atoms with E-state index in [2.05, 4.69) is 35.2 Å². The number of halogens is 1. The van der Waals surface area contributed by atoms with Crippen molar-refractivity contribution in [3.63, 3.8) is 0 Å². The van der Waals surface area contributed by atoms with Crippen LogP contribution in [0.3, 0.4) is 0 Å². The van der Waals surface area contributed by atoms with Crippen LogP contribution in [0.1, 0.15) is 18.4 Å². The zero-order valence-corrected chi connectivity index (χ0v) is 16.6. The second kappa shape index (κ2) is 9.13. The van der Waals surface area contributed by atoms with Crippen molar-refractivity contribution in [1.82, 2.24) is 4.90 Å². The van der Waals surface area contributed by atoms with Crippen LogP contribution in [0.5, 0.6) is 0 Å². The van der Waals surface area contributed by atoms with Gasteiger partial charge in [-0.1, -0.05) is 30.3 Å². The Morgan fingerprint density at radius 2 is 1.83 bits per heavy atom. The van der Waals surface area contributed by atoms with Crippen LogP contribution in [0.25, 0.3) is 0 Å². The molecule has 2 heterocycles. The molecule has 0 saturated carbocycles. The molecule has 0 atom stereocenters. The van der Waals surface area contributed by atoms with Gasteiger partial charge in [-0.2, -0.15) is 11.8 Å². The Balaban J connectivity index is 0.00000192. The van der Waals surface area contributed by atoms with Crippen molar-refractivity contribution in [2.24, 2.45) is 10.7 Å². The van der Waals surface area contributed by atoms with Gasteiger partial charge in [0.2, 0.25) is 0 Å². The molecule has 6 heteroatoms. The summed E-state index contributed by atoms with van der Waals surface area (Å²) in [7, 11) is 0. The van der Waals surface area contributed by atoms with E-state index in [9.17, 15) is 0 Å². The average Bonchev–Trinajstić information content (AvgIpc) is 2.62. The van der Waals surface area contributed by atoms with Crippen molar-refractivity contribution in [2.75, 3.05) is 44.4 Å². The summed E-state index contributed by atoms with van der Waals surface area (Å²) in [6.07, 6.45) is 2.04. The van der Waals surface area contributed by atoms with Gasteiger partial charge in [0, 0.05) is 43.2 Å². The maximum atomic E-state index is 6.24. The van der Waals surface area contributed by atoms with Crippen LogP contribution in [0, 0.1) is 0 Å². The molecule has 2 aliphatic rings. The van der Waals surface area contributed by atoms with Gasteiger partial charge in [0.25, 0.3) is 0 Å². The fraction of sp³-hybridized carbons (Fsp3) is 0.588. The summed E-state index contributed by atoms with van der Waals surface area (Å²) < 4.78 is 5.58. The molecule has 2 N–H and O–H groups in total. The highest BCUT2D eigenvalue weighted by molar-refractivity contribution is 14.0. The number of nitrogens with two attached hydrogens (primary N) is 1. The predicted octanol–water partition coefficient (Wildman–Crippen LogP) is 2.72. The van der Waals surface area contributed by atoms with Crippen LogP contribution < -0.4 is 5.73 Å². The maximum Gasteiger partial charge on any atom is 0.191 e. The molecule has 0 aliphatic carbocycles. The third-order valence-electron chi connectivity index (χ3n) is 4.71. The zero-order chi connectivity index (χ0) is 15.3. The Morgan fingerprint density at radius 3 is 2.48 bits per heavy atom. The lowest BCUT2D eigenvalue weighted by molar-refractivity contribution is 0.0530. The molecule has 1 aromatic rings. The first-order chi connectivity index (χ1) is 10.8. The minimum absolute atomic E-state index is 0. The fourth-order valence-corrected chi connectivity index (χ4v) is 4.12. The topological polar surface area (TPSA) is 50.9 Å². The van der Waals surface area contributed by atoms with E-state index in [-0.39, 0.29) is 29.4 Å². The standard InChI is InChI=1S/C17H25N3OS.HI/c18-16(20-8-12-22-13-9-20)19-14-17(6-10-21-11-7-17)15-4-2-1-3-5-15;/h1-5H,6-14H2,(H2,18,19);1H. The number of guanidine groups is 1. The summed E-state index contributed by atoms with van der Waals surface area (Å²) in [4.78, 5) is 6.99. The van der Waals surface area contributed by atoms with Gasteiger partial charge in [-0.15, -0.1) is 24.0 Å². The van der Waals surface area contributed by atoms with Crippen molar-refractivity contribution in [2.45, 2.75) is 18.3 Å². The van der Waals surface area contributed by atoms with Gasteiger partial charge in [0.1, 0.15) is 0 Å².